The lowest BCUT2D eigenvalue weighted by Crippen LogP contribution is -2.38. The zero-order valence-corrected chi connectivity index (χ0v) is 13.9. The van der Waals surface area contributed by atoms with Gasteiger partial charge in [0.05, 0.1) is 6.04 Å². The van der Waals surface area contributed by atoms with E-state index in [0.29, 0.717) is 6.54 Å². The summed E-state index contributed by atoms with van der Waals surface area (Å²) in [5.74, 6) is 0.158. The fraction of sp³-hybridized carbons (Fsp3) is 0.400. The van der Waals surface area contributed by atoms with Crippen LogP contribution in [0.2, 0.25) is 0 Å². The normalized spacial score (nSPS) is 20.1. The molecule has 2 heterocycles. The van der Waals surface area contributed by atoms with E-state index in [1.54, 1.807) is 30.5 Å². The van der Waals surface area contributed by atoms with Gasteiger partial charge in [0.25, 0.3) is 10.0 Å². The number of aryl methyl sites for hydroxylation is 1. The average Bonchev–Trinajstić information content (AvgIpc) is 2.95. The Morgan fingerprint density at radius 3 is 2.86 bits per heavy atom. The van der Waals surface area contributed by atoms with Gasteiger partial charge in [0, 0.05) is 17.6 Å². The van der Waals surface area contributed by atoms with Gasteiger partial charge in [0.15, 0.2) is 0 Å². The van der Waals surface area contributed by atoms with E-state index in [1.165, 1.54) is 4.31 Å². The van der Waals surface area contributed by atoms with Crippen molar-refractivity contribution in [2.24, 2.45) is 0 Å². The molecule has 0 bridgehead atoms. The Labute approximate surface area is 134 Å². The summed E-state index contributed by atoms with van der Waals surface area (Å²) in [6.07, 6.45) is 2.58. The molecule has 5 nitrogen and oxygen atoms in total. The van der Waals surface area contributed by atoms with E-state index in [2.05, 4.69) is 4.98 Å². The Balaban J connectivity index is 1.99. The van der Waals surface area contributed by atoms with Crippen LogP contribution in [0.4, 0.5) is 0 Å². The van der Waals surface area contributed by atoms with Crippen LogP contribution in [-0.2, 0) is 10.0 Å². The first-order valence-electron chi connectivity index (χ1n) is 7.21. The molecule has 1 aliphatic heterocycles. The Bertz CT molecular complexity index is 771. The first kappa shape index (κ1) is 15.5. The van der Waals surface area contributed by atoms with Crippen LogP contribution in [-0.4, -0.2) is 29.4 Å². The Hall–Kier alpha value is -1.44. The number of benzene rings is 1. The first-order valence-corrected chi connectivity index (χ1v) is 9.53. The van der Waals surface area contributed by atoms with E-state index in [4.69, 9.17) is 0 Å². The maximum atomic E-state index is 12.9. The summed E-state index contributed by atoms with van der Waals surface area (Å²) in [4.78, 5) is 4.14. The highest BCUT2D eigenvalue weighted by atomic mass is 32.2. The van der Waals surface area contributed by atoms with E-state index in [9.17, 15) is 13.5 Å². The number of piperidine rings is 1. The number of hydrogen-bond acceptors (Lipinski definition) is 5. The standard InChI is InChI=1S/C15H18N2O3S2/c1-11-10-21-15(16-11)22(19,20)17-8-3-2-7-14(17)12-5-4-6-13(18)9-12/h4-6,9-10,14,18H,2-3,7-8H2,1H3. The zero-order valence-electron chi connectivity index (χ0n) is 12.3. The van der Waals surface area contributed by atoms with Gasteiger partial charge in [-0.1, -0.05) is 18.6 Å². The third-order valence-corrected chi connectivity index (χ3v) is 7.10. The second-order valence-electron chi connectivity index (χ2n) is 5.48. The van der Waals surface area contributed by atoms with Crippen LogP contribution in [0.25, 0.3) is 0 Å². The molecule has 1 aliphatic rings. The molecule has 1 aromatic heterocycles. The van der Waals surface area contributed by atoms with Gasteiger partial charge in [-0.05, 0) is 37.5 Å². The van der Waals surface area contributed by atoms with Crippen LogP contribution in [0.3, 0.4) is 0 Å². The molecule has 0 radical (unpaired) electrons. The van der Waals surface area contributed by atoms with Crippen molar-refractivity contribution in [2.75, 3.05) is 6.54 Å². The number of phenolic OH excluding ortho intramolecular Hbond substituents is 1. The number of aromatic hydroxyl groups is 1. The fourth-order valence-electron chi connectivity index (χ4n) is 2.81. The van der Waals surface area contributed by atoms with Crippen molar-refractivity contribution in [1.82, 2.24) is 9.29 Å². The van der Waals surface area contributed by atoms with Crippen molar-refractivity contribution >= 4 is 21.4 Å². The van der Waals surface area contributed by atoms with E-state index in [0.717, 1.165) is 41.9 Å². The number of phenols is 1. The number of aromatic nitrogens is 1. The van der Waals surface area contributed by atoms with Crippen molar-refractivity contribution in [3.8, 4) is 5.75 Å². The van der Waals surface area contributed by atoms with Crippen molar-refractivity contribution in [2.45, 2.75) is 36.6 Å². The van der Waals surface area contributed by atoms with Gasteiger partial charge in [-0.15, -0.1) is 11.3 Å². The van der Waals surface area contributed by atoms with Gasteiger partial charge in [-0.2, -0.15) is 4.31 Å². The van der Waals surface area contributed by atoms with E-state index in [1.807, 2.05) is 6.07 Å². The minimum atomic E-state index is -3.59. The molecule has 0 spiro atoms. The van der Waals surface area contributed by atoms with Crippen LogP contribution in [0.15, 0.2) is 34.0 Å². The van der Waals surface area contributed by atoms with Gasteiger partial charge >= 0.3 is 0 Å². The van der Waals surface area contributed by atoms with E-state index < -0.39 is 10.0 Å². The summed E-state index contributed by atoms with van der Waals surface area (Å²) in [5.41, 5.74) is 1.55. The quantitative estimate of drug-likeness (QED) is 0.934. The van der Waals surface area contributed by atoms with Gasteiger partial charge in [-0.3, -0.25) is 0 Å². The number of nitrogens with zero attached hydrogens (tertiary/aromatic N) is 2. The lowest BCUT2D eigenvalue weighted by Gasteiger charge is -2.34. The molecular formula is C15H18N2O3S2. The summed E-state index contributed by atoms with van der Waals surface area (Å²) in [7, 11) is -3.59. The minimum Gasteiger partial charge on any atom is -0.508 e. The second kappa shape index (κ2) is 5.98. The Morgan fingerprint density at radius 2 is 2.18 bits per heavy atom. The largest absolute Gasteiger partial charge is 0.508 e. The first-order chi connectivity index (χ1) is 10.5. The van der Waals surface area contributed by atoms with Crippen LogP contribution < -0.4 is 0 Å². The van der Waals surface area contributed by atoms with Crippen LogP contribution in [0.5, 0.6) is 5.75 Å². The van der Waals surface area contributed by atoms with E-state index >= 15 is 0 Å². The molecular weight excluding hydrogens is 320 g/mol. The summed E-state index contributed by atoms with van der Waals surface area (Å²) >= 11 is 1.16. The predicted octanol–water partition coefficient (Wildman–Crippen LogP) is 3.07. The summed E-state index contributed by atoms with van der Waals surface area (Å²) in [6.45, 7) is 2.28. The maximum Gasteiger partial charge on any atom is 0.270 e. The molecule has 1 unspecified atom stereocenters. The monoisotopic (exact) mass is 338 g/mol. The predicted molar refractivity (Wildman–Crippen MR) is 85.4 cm³/mol. The number of hydrogen-bond donors (Lipinski definition) is 1. The van der Waals surface area contributed by atoms with Crippen LogP contribution in [0, 0.1) is 6.92 Å². The zero-order chi connectivity index (χ0) is 15.7. The molecule has 3 rings (SSSR count). The molecule has 2 aromatic rings. The lowest BCUT2D eigenvalue weighted by atomic mass is 9.97. The highest BCUT2D eigenvalue weighted by Gasteiger charge is 2.36. The number of thiazole rings is 1. The Kier molecular flexibility index (Phi) is 4.20. The van der Waals surface area contributed by atoms with Crippen molar-refractivity contribution in [3.05, 3.63) is 40.9 Å². The topological polar surface area (TPSA) is 70.5 Å². The molecule has 1 N–H and O–H groups in total. The van der Waals surface area contributed by atoms with Gasteiger partial charge in [0.1, 0.15) is 5.75 Å². The number of sulfonamides is 1. The SMILES string of the molecule is Cc1csc(S(=O)(=O)N2CCCCC2c2cccc(O)c2)n1. The molecule has 22 heavy (non-hydrogen) atoms. The van der Waals surface area contributed by atoms with Crippen LogP contribution >= 0.6 is 11.3 Å². The highest BCUT2D eigenvalue weighted by Crippen LogP contribution is 2.36. The fourth-order valence-corrected chi connectivity index (χ4v) is 5.64. The highest BCUT2D eigenvalue weighted by molar-refractivity contribution is 7.91. The third-order valence-electron chi connectivity index (χ3n) is 3.84. The summed E-state index contributed by atoms with van der Waals surface area (Å²) < 4.78 is 27.4. The molecule has 118 valence electrons. The summed E-state index contributed by atoms with van der Waals surface area (Å²) in [5, 5.41) is 11.4. The van der Waals surface area contributed by atoms with Gasteiger partial charge in [0.2, 0.25) is 4.34 Å². The molecule has 1 aromatic carbocycles. The molecule has 0 aliphatic carbocycles. The molecule has 0 saturated carbocycles. The number of rotatable bonds is 3. The average molecular weight is 338 g/mol. The van der Waals surface area contributed by atoms with Crippen molar-refractivity contribution in [3.63, 3.8) is 0 Å². The molecule has 1 fully saturated rings. The minimum absolute atomic E-state index is 0.150. The summed E-state index contributed by atoms with van der Waals surface area (Å²) in [6, 6.07) is 6.61. The van der Waals surface area contributed by atoms with Crippen LogP contribution in [0.1, 0.15) is 36.6 Å². The molecule has 1 saturated heterocycles. The lowest BCUT2D eigenvalue weighted by molar-refractivity contribution is 0.255. The maximum absolute atomic E-state index is 12.9. The van der Waals surface area contributed by atoms with Crippen molar-refractivity contribution in [1.29, 1.82) is 0 Å². The smallest absolute Gasteiger partial charge is 0.270 e. The Morgan fingerprint density at radius 1 is 1.36 bits per heavy atom. The second-order valence-corrected chi connectivity index (χ2v) is 8.40. The van der Waals surface area contributed by atoms with E-state index in [-0.39, 0.29) is 16.1 Å². The third kappa shape index (κ3) is 2.88. The van der Waals surface area contributed by atoms with Gasteiger partial charge < -0.3 is 5.11 Å². The molecule has 0 amide bonds. The molecule has 1 atom stereocenters. The van der Waals surface area contributed by atoms with Gasteiger partial charge in [-0.25, -0.2) is 13.4 Å². The molecule has 7 heteroatoms. The van der Waals surface area contributed by atoms with Crippen molar-refractivity contribution < 1.29 is 13.5 Å².